The number of rotatable bonds is 2. The van der Waals surface area contributed by atoms with Gasteiger partial charge in [-0.05, 0) is 18.3 Å². The van der Waals surface area contributed by atoms with Crippen LogP contribution < -0.4 is 5.73 Å². The van der Waals surface area contributed by atoms with E-state index in [1.165, 1.54) is 15.2 Å². The fourth-order valence-electron chi connectivity index (χ4n) is 2.15. The molecule has 0 radical (unpaired) electrons. The molecular weight excluding hydrogens is 252 g/mol. The molecule has 2 rings (SSSR count). The number of hydrogen-bond donors (Lipinski definition) is 1. The van der Waals surface area contributed by atoms with Crippen LogP contribution in [-0.4, -0.2) is 35.6 Å². The van der Waals surface area contributed by atoms with E-state index in [0.29, 0.717) is 13.1 Å². The molecule has 1 saturated heterocycles. The summed E-state index contributed by atoms with van der Waals surface area (Å²) in [6.07, 6.45) is 3.20. The van der Waals surface area contributed by atoms with Crippen molar-refractivity contribution in [2.24, 2.45) is 12.5 Å². The monoisotopic (exact) mass is 272 g/mol. The third-order valence-electron chi connectivity index (χ3n) is 3.52. The maximum absolute atomic E-state index is 12.4. The summed E-state index contributed by atoms with van der Waals surface area (Å²) in [5.74, 6) is 0.0716. The minimum absolute atomic E-state index is 0.0716. The lowest BCUT2D eigenvalue weighted by Crippen LogP contribution is -2.41. The zero-order valence-electron chi connectivity index (χ0n) is 11.0. The fourth-order valence-corrected chi connectivity index (χ4v) is 3.69. The molecule has 0 amide bonds. The van der Waals surface area contributed by atoms with Crippen LogP contribution >= 0.6 is 0 Å². The van der Waals surface area contributed by atoms with Gasteiger partial charge in [-0.25, -0.2) is 8.42 Å². The van der Waals surface area contributed by atoms with E-state index in [2.05, 4.69) is 18.9 Å². The minimum Gasteiger partial charge on any atom is -0.381 e. The molecular formula is C11H20N4O2S. The third-order valence-corrected chi connectivity index (χ3v) is 5.43. The highest BCUT2D eigenvalue weighted by molar-refractivity contribution is 7.89. The zero-order valence-corrected chi connectivity index (χ0v) is 11.9. The lowest BCUT2D eigenvalue weighted by atomic mass is 9.83. The van der Waals surface area contributed by atoms with Crippen LogP contribution in [0.3, 0.4) is 0 Å². The lowest BCUT2D eigenvalue weighted by molar-refractivity contribution is 0.196. The number of hydrogen-bond acceptors (Lipinski definition) is 4. The first kappa shape index (κ1) is 13.4. The van der Waals surface area contributed by atoms with Crippen molar-refractivity contribution in [1.82, 2.24) is 14.1 Å². The van der Waals surface area contributed by atoms with Crippen molar-refractivity contribution in [3.8, 4) is 0 Å². The van der Waals surface area contributed by atoms with E-state index in [4.69, 9.17) is 5.73 Å². The van der Waals surface area contributed by atoms with Gasteiger partial charge in [0.05, 0.1) is 0 Å². The molecule has 2 heterocycles. The standard InChI is InChI=1S/C11H20N4O2S/c1-11(2)4-6-15(7-5-11)18(16,17)9-8-14(3)13-10(9)12/h8H,4-7H2,1-3H3,(H2,12,13). The van der Waals surface area contributed by atoms with Crippen molar-refractivity contribution < 1.29 is 8.42 Å². The van der Waals surface area contributed by atoms with Crippen molar-refractivity contribution in [3.05, 3.63) is 6.20 Å². The van der Waals surface area contributed by atoms with Gasteiger partial charge in [0.15, 0.2) is 5.82 Å². The van der Waals surface area contributed by atoms with Gasteiger partial charge in [-0.2, -0.15) is 9.40 Å². The van der Waals surface area contributed by atoms with Crippen LogP contribution in [-0.2, 0) is 17.1 Å². The molecule has 0 saturated carbocycles. The maximum atomic E-state index is 12.4. The Morgan fingerprint density at radius 3 is 2.33 bits per heavy atom. The van der Waals surface area contributed by atoms with Crippen molar-refractivity contribution in [3.63, 3.8) is 0 Å². The predicted molar refractivity (Wildman–Crippen MR) is 69.4 cm³/mol. The molecule has 1 fully saturated rings. The molecule has 1 aliphatic rings. The number of nitrogens with two attached hydrogens (primary N) is 1. The molecule has 0 bridgehead atoms. The quantitative estimate of drug-likeness (QED) is 0.864. The van der Waals surface area contributed by atoms with Crippen molar-refractivity contribution in [2.45, 2.75) is 31.6 Å². The van der Waals surface area contributed by atoms with E-state index >= 15 is 0 Å². The average Bonchev–Trinajstić information content (AvgIpc) is 2.58. The first-order chi connectivity index (χ1) is 8.22. The second-order valence-electron chi connectivity index (χ2n) is 5.62. The van der Waals surface area contributed by atoms with Gasteiger partial charge in [-0.15, -0.1) is 0 Å². The van der Waals surface area contributed by atoms with Gasteiger partial charge in [0.25, 0.3) is 0 Å². The molecule has 0 atom stereocenters. The summed E-state index contributed by atoms with van der Waals surface area (Å²) in [5.41, 5.74) is 5.86. The Bertz CT molecular complexity index is 537. The first-order valence-corrected chi connectivity index (χ1v) is 7.46. The summed E-state index contributed by atoms with van der Waals surface area (Å²) >= 11 is 0. The summed E-state index contributed by atoms with van der Waals surface area (Å²) in [5, 5.41) is 3.89. The van der Waals surface area contributed by atoms with Crippen LogP contribution in [0.1, 0.15) is 26.7 Å². The fraction of sp³-hybridized carbons (Fsp3) is 0.727. The van der Waals surface area contributed by atoms with Crippen LogP contribution in [0.25, 0.3) is 0 Å². The third kappa shape index (κ3) is 2.37. The van der Waals surface area contributed by atoms with Crippen LogP contribution in [0.15, 0.2) is 11.1 Å². The Kier molecular flexibility index (Phi) is 3.14. The molecule has 2 N–H and O–H groups in total. The van der Waals surface area contributed by atoms with Crippen LogP contribution in [0, 0.1) is 5.41 Å². The van der Waals surface area contributed by atoms with Crippen LogP contribution in [0.2, 0.25) is 0 Å². The molecule has 1 aromatic heterocycles. The zero-order chi connectivity index (χ0) is 13.6. The number of aromatic nitrogens is 2. The average molecular weight is 272 g/mol. The molecule has 0 spiro atoms. The molecule has 1 aromatic rings. The number of nitrogens with zero attached hydrogens (tertiary/aromatic N) is 3. The number of piperidine rings is 1. The Morgan fingerprint density at radius 2 is 1.89 bits per heavy atom. The van der Waals surface area contributed by atoms with Crippen molar-refractivity contribution in [2.75, 3.05) is 18.8 Å². The summed E-state index contributed by atoms with van der Waals surface area (Å²) < 4.78 is 27.8. The van der Waals surface area contributed by atoms with Gasteiger partial charge in [0, 0.05) is 26.3 Å². The normalized spacial score (nSPS) is 21.1. The second-order valence-corrected chi connectivity index (χ2v) is 7.53. The Labute approximate surface area is 108 Å². The number of nitrogen functional groups attached to an aromatic ring is 1. The summed E-state index contributed by atoms with van der Waals surface area (Å²) in [7, 11) is -1.84. The molecule has 0 aliphatic carbocycles. The van der Waals surface area contributed by atoms with E-state index in [-0.39, 0.29) is 16.1 Å². The highest BCUT2D eigenvalue weighted by atomic mass is 32.2. The topological polar surface area (TPSA) is 81.2 Å². The molecule has 0 unspecified atom stereocenters. The number of sulfonamides is 1. The van der Waals surface area contributed by atoms with Gasteiger partial charge in [0.1, 0.15) is 4.90 Å². The summed E-state index contributed by atoms with van der Waals surface area (Å²) in [4.78, 5) is 0.115. The molecule has 1 aliphatic heterocycles. The van der Waals surface area contributed by atoms with E-state index in [9.17, 15) is 8.42 Å². The number of anilines is 1. The van der Waals surface area contributed by atoms with Gasteiger partial charge >= 0.3 is 0 Å². The smallest absolute Gasteiger partial charge is 0.248 e. The molecule has 0 aromatic carbocycles. The Hall–Kier alpha value is -1.08. The van der Waals surface area contributed by atoms with Gasteiger partial charge in [-0.1, -0.05) is 13.8 Å². The highest BCUT2D eigenvalue weighted by Gasteiger charge is 2.34. The summed E-state index contributed by atoms with van der Waals surface area (Å²) in [6, 6.07) is 0. The van der Waals surface area contributed by atoms with Crippen molar-refractivity contribution >= 4 is 15.8 Å². The maximum Gasteiger partial charge on any atom is 0.248 e. The number of aryl methyl sites for hydroxylation is 1. The van der Waals surface area contributed by atoms with Gasteiger partial charge in [0.2, 0.25) is 10.0 Å². The summed E-state index contributed by atoms with van der Waals surface area (Å²) in [6.45, 7) is 5.41. The van der Waals surface area contributed by atoms with Gasteiger partial charge < -0.3 is 5.73 Å². The Morgan fingerprint density at radius 1 is 1.33 bits per heavy atom. The predicted octanol–water partition coefficient (Wildman–Crippen LogP) is 0.813. The largest absolute Gasteiger partial charge is 0.381 e. The van der Waals surface area contributed by atoms with E-state index in [1.807, 2.05) is 0 Å². The van der Waals surface area contributed by atoms with E-state index in [1.54, 1.807) is 7.05 Å². The molecule has 102 valence electrons. The van der Waals surface area contributed by atoms with E-state index < -0.39 is 10.0 Å². The minimum atomic E-state index is -3.50. The van der Waals surface area contributed by atoms with Crippen LogP contribution in [0.4, 0.5) is 5.82 Å². The molecule has 7 heteroatoms. The highest BCUT2D eigenvalue weighted by Crippen LogP contribution is 2.33. The lowest BCUT2D eigenvalue weighted by Gasteiger charge is -2.35. The SMILES string of the molecule is Cn1cc(S(=O)(=O)N2CCC(C)(C)CC2)c(N)n1. The first-order valence-electron chi connectivity index (χ1n) is 6.02. The molecule has 6 nitrogen and oxygen atoms in total. The van der Waals surface area contributed by atoms with Crippen molar-refractivity contribution in [1.29, 1.82) is 0 Å². The second kappa shape index (κ2) is 4.24. The van der Waals surface area contributed by atoms with E-state index in [0.717, 1.165) is 12.8 Å². The van der Waals surface area contributed by atoms with Crippen LogP contribution in [0.5, 0.6) is 0 Å². The van der Waals surface area contributed by atoms with Gasteiger partial charge in [-0.3, -0.25) is 4.68 Å². The Balaban J connectivity index is 2.25. The molecule has 18 heavy (non-hydrogen) atoms.